The van der Waals surface area contributed by atoms with Gasteiger partial charge in [0.15, 0.2) is 0 Å². The van der Waals surface area contributed by atoms with Gasteiger partial charge in [-0.15, -0.1) is 10.2 Å². The van der Waals surface area contributed by atoms with Crippen LogP contribution in [0.5, 0.6) is 0 Å². The Bertz CT molecular complexity index is 777. The van der Waals surface area contributed by atoms with Crippen molar-refractivity contribution >= 4 is 23.2 Å². The van der Waals surface area contributed by atoms with Gasteiger partial charge in [0.1, 0.15) is 0 Å². The first-order valence-electron chi connectivity index (χ1n) is 7.49. The SMILES string of the molecule is Nc1ccc(-c2ccc(N)cc2)cc1.O=C1C=CN=N1.O=C1C=CN=N1. The monoisotopic (exact) mass is 348 g/mol. The molecule has 0 spiro atoms. The van der Waals surface area contributed by atoms with Gasteiger partial charge in [-0.1, -0.05) is 24.3 Å². The minimum absolute atomic E-state index is 0.269. The maximum atomic E-state index is 9.90. The molecule has 0 saturated heterocycles. The number of amides is 2. The van der Waals surface area contributed by atoms with E-state index in [-0.39, 0.29) is 11.8 Å². The number of hydrogen-bond donors (Lipinski definition) is 2. The summed E-state index contributed by atoms with van der Waals surface area (Å²) < 4.78 is 0. The van der Waals surface area contributed by atoms with E-state index in [1.807, 2.05) is 48.5 Å². The molecule has 2 amide bonds. The van der Waals surface area contributed by atoms with Crippen LogP contribution in [0.4, 0.5) is 11.4 Å². The summed E-state index contributed by atoms with van der Waals surface area (Å²) in [4.78, 5) is 19.8. The van der Waals surface area contributed by atoms with Gasteiger partial charge in [-0.2, -0.15) is 10.2 Å². The topological polar surface area (TPSA) is 136 Å². The number of rotatable bonds is 1. The second kappa shape index (κ2) is 9.38. The van der Waals surface area contributed by atoms with Gasteiger partial charge in [0.2, 0.25) is 0 Å². The van der Waals surface area contributed by atoms with Crippen LogP contribution in [-0.2, 0) is 9.59 Å². The van der Waals surface area contributed by atoms with E-state index in [0.717, 1.165) is 22.5 Å². The molecule has 4 rings (SSSR count). The van der Waals surface area contributed by atoms with Crippen LogP contribution < -0.4 is 11.5 Å². The fraction of sp³-hybridized carbons (Fsp3) is 0. The third kappa shape index (κ3) is 6.28. The standard InChI is InChI=1S/C12H12N2.2C3H2N2O/c13-11-5-1-9(2-6-11)10-3-7-12(14)8-4-10;2*6-3-1-2-4-5-3/h1-8H,13-14H2;2*1-2H. The Morgan fingerprint density at radius 3 is 1.12 bits per heavy atom. The molecule has 0 atom stereocenters. The molecule has 2 aromatic rings. The highest BCUT2D eigenvalue weighted by atomic mass is 16.2. The summed E-state index contributed by atoms with van der Waals surface area (Å²) in [5.74, 6) is -0.537. The minimum atomic E-state index is -0.269. The summed E-state index contributed by atoms with van der Waals surface area (Å²) in [5.41, 5.74) is 15.1. The molecule has 4 N–H and O–H groups in total. The van der Waals surface area contributed by atoms with Gasteiger partial charge in [0.25, 0.3) is 11.8 Å². The molecule has 2 heterocycles. The first kappa shape index (κ1) is 18.4. The fourth-order valence-corrected chi connectivity index (χ4v) is 1.79. The van der Waals surface area contributed by atoms with Crippen LogP contribution in [0.25, 0.3) is 11.1 Å². The predicted molar refractivity (Wildman–Crippen MR) is 98.7 cm³/mol. The van der Waals surface area contributed by atoms with Crippen LogP contribution in [0.2, 0.25) is 0 Å². The molecule has 0 aliphatic carbocycles. The lowest BCUT2D eigenvalue weighted by Gasteiger charge is -2.02. The normalized spacial score (nSPS) is 13.2. The lowest BCUT2D eigenvalue weighted by molar-refractivity contribution is -0.114. The van der Waals surface area contributed by atoms with Crippen molar-refractivity contribution in [1.29, 1.82) is 0 Å². The van der Waals surface area contributed by atoms with E-state index in [2.05, 4.69) is 20.5 Å². The fourth-order valence-electron chi connectivity index (χ4n) is 1.79. The first-order chi connectivity index (χ1) is 12.5. The van der Waals surface area contributed by atoms with Gasteiger partial charge >= 0.3 is 0 Å². The lowest BCUT2D eigenvalue weighted by atomic mass is 10.1. The number of nitrogens with two attached hydrogens (primary N) is 2. The van der Waals surface area contributed by atoms with Crippen molar-refractivity contribution in [2.24, 2.45) is 20.5 Å². The maximum Gasteiger partial charge on any atom is 0.289 e. The highest BCUT2D eigenvalue weighted by Gasteiger charge is 1.96. The number of nitrogen functional groups attached to an aromatic ring is 2. The van der Waals surface area contributed by atoms with Gasteiger partial charge in [0, 0.05) is 23.5 Å². The molecule has 8 heteroatoms. The number of hydrogen-bond acceptors (Lipinski definition) is 6. The van der Waals surface area contributed by atoms with Gasteiger partial charge < -0.3 is 11.5 Å². The second-order valence-corrected chi connectivity index (χ2v) is 4.98. The smallest absolute Gasteiger partial charge is 0.289 e. The molecular weight excluding hydrogens is 332 g/mol. The Labute approximate surface area is 149 Å². The van der Waals surface area contributed by atoms with E-state index in [0.29, 0.717) is 0 Å². The van der Waals surface area contributed by atoms with E-state index in [1.165, 1.54) is 24.6 Å². The zero-order valence-electron chi connectivity index (χ0n) is 13.7. The Morgan fingerprint density at radius 1 is 0.577 bits per heavy atom. The number of carbonyl (C=O) groups excluding carboxylic acids is 2. The summed E-state index contributed by atoms with van der Waals surface area (Å²) in [7, 11) is 0. The lowest BCUT2D eigenvalue weighted by Crippen LogP contribution is -1.85. The average Bonchev–Trinajstić information content (AvgIpc) is 3.31. The quantitative estimate of drug-likeness (QED) is 0.762. The molecule has 0 radical (unpaired) electrons. The highest BCUT2D eigenvalue weighted by molar-refractivity contribution is 5.89. The maximum absolute atomic E-state index is 9.90. The van der Waals surface area contributed by atoms with Crippen LogP contribution >= 0.6 is 0 Å². The van der Waals surface area contributed by atoms with Gasteiger partial charge in [-0.25, -0.2) is 0 Å². The number of nitrogens with zero attached hydrogens (tertiary/aromatic N) is 4. The molecule has 0 unspecified atom stereocenters. The van der Waals surface area contributed by atoms with Crippen LogP contribution in [0.3, 0.4) is 0 Å². The third-order valence-corrected chi connectivity index (χ3v) is 3.03. The van der Waals surface area contributed by atoms with Crippen LogP contribution in [-0.4, -0.2) is 11.8 Å². The summed E-state index contributed by atoms with van der Waals surface area (Å²) in [6.45, 7) is 0. The van der Waals surface area contributed by atoms with Crippen molar-refractivity contribution < 1.29 is 9.59 Å². The second-order valence-electron chi connectivity index (χ2n) is 4.98. The number of benzene rings is 2. The number of carbonyl (C=O) groups is 2. The molecule has 8 nitrogen and oxygen atoms in total. The average molecular weight is 348 g/mol. The predicted octanol–water partition coefficient (Wildman–Crippen LogP) is 3.50. The first-order valence-corrected chi connectivity index (χ1v) is 7.49. The van der Waals surface area contributed by atoms with E-state index in [4.69, 9.17) is 11.5 Å². The molecule has 0 fully saturated rings. The van der Waals surface area contributed by atoms with E-state index < -0.39 is 0 Å². The molecule has 0 saturated carbocycles. The van der Waals surface area contributed by atoms with Crippen LogP contribution in [0, 0.1) is 0 Å². The van der Waals surface area contributed by atoms with Gasteiger partial charge in [-0.05, 0) is 35.4 Å². The molecule has 130 valence electrons. The molecule has 0 aromatic heterocycles. The molecular formula is C18H16N6O2. The van der Waals surface area contributed by atoms with Crippen molar-refractivity contribution in [2.75, 3.05) is 11.5 Å². The summed E-state index contributed by atoms with van der Waals surface area (Å²) in [5, 5.41) is 12.7. The Morgan fingerprint density at radius 2 is 0.923 bits per heavy atom. The zero-order valence-corrected chi connectivity index (χ0v) is 13.7. The molecule has 2 aromatic carbocycles. The Kier molecular flexibility index (Phi) is 6.64. The largest absolute Gasteiger partial charge is 0.399 e. The number of azo groups is 2. The van der Waals surface area contributed by atoms with E-state index in [1.54, 1.807) is 0 Å². The van der Waals surface area contributed by atoms with E-state index in [9.17, 15) is 9.59 Å². The van der Waals surface area contributed by atoms with Crippen LogP contribution in [0.1, 0.15) is 0 Å². The third-order valence-electron chi connectivity index (χ3n) is 3.03. The summed E-state index contributed by atoms with van der Waals surface area (Å²) in [6, 6.07) is 15.6. The molecule has 2 aliphatic heterocycles. The molecule has 26 heavy (non-hydrogen) atoms. The van der Waals surface area contributed by atoms with Crippen LogP contribution in [0.15, 0.2) is 93.5 Å². The Hall–Kier alpha value is -3.94. The van der Waals surface area contributed by atoms with Gasteiger partial charge in [-0.3, -0.25) is 9.59 Å². The van der Waals surface area contributed by atoms with Crippen molar-refractivity contribution in [3.63, 3.8) is 0 Å². The van der Waals surface area contributed by atoms with Crippen molar-refractivity contribution in [2.45, 2.75) is 0 Å². The van der Waals surface area contributed by atoms with Gasteiger partial charge in [0.05, 0.1) is 12.4 Å². The Balaban J connectivity index is 0.000000166. The molecule has 2 aliphatic rings. The summed E-state index contributed by atoms with van der Waals surface area (Å²) in [6.07, 6.45) is 5.34. The van der Waals surface area contributed by atoms with E-state index >= 15 is 0 Å². The minimum Gasteiger partial charge on any atom is -0.399 e. The molecule has 0 bridgehead atoms. The van der Waals surface area contributed by atoms with Crippen molar-refractivity contribution in [3.8, 4) is 11.1 Å². The highest BCUT2D eigenvalue weighted by Crippen LogP contribution is 2.21. The summed E-state index contributed by atoms with van der Waals surface area (Å²) >= 11 is 0. The number of anilines is 2. The van der Waals surface area contributed by atoms with Crippen molar-refractivity contribution in [1.82, 2.24) is 0 Å². The van der Waals surface area contributed by atoms with Crippen molar-refractivity contribution in [3.05, 3.63) is 73.1 Å². The zero-order chi connectivity index (χ0) is 18.8.